The molecule has 7 nitrogen and oxygen atoms in total. The second kappa shape index (κ2) is 10.3. The van der Waals surface area contributed by atoms with E-state index in [0.29, 0.717) is 23.7 Å². The predicted octanol–water partition coefficient (Wildman–Crippen LogP) is 3.87. The maximum atomic E-state index is 12.7. The number of benzene rings is 2. The molecule has 0 spiro atoms. The molecule has 0 saturated heterocycles. The highest BCUT2D eigenvalue weighted by molar-refractivity contribution is 7.13. The second-order valence-corrected chi connectivity index (χ2v) is 7.93. The smallest absolute Gasteiger partial charge is 0.270 e. The molecule has 0 bridgehead atoms. The van der Waals surface area contributed by atoms with Crippen molar-refractivity contribution in [3.63, 3.8) is 0 Å². The molecular weight excluding hydrogens is 414 g/mol. The van der Waals surface area contributed by atoms with Crippen LogP contribution in [0.1, 0.15) is 22.1 Å². The van der Waals surface area contributed by atoms with Crippen LogP contribution in [0.3, 0.4) is 0 Å². The van der Waals surface area contributed by atoms with Gasteiger partial charge in [-0.1, -0.05) is 12.1 Å². The zero-order chi connectivity index (χ0) is 22.4. The molecule has 0 aliphatic carbocycles. The Hall–Kier alpha value is -3.10. The van der Waals surface area contributed by atoms with Crippen LogP contribution in [-0.2, 0) is 0 Å². The SMILES string of the molecule is COc1cccc([C@@H](CNC(=O)c2csc(-c3ccc(OC)c(OC)c3)n2)N(C)C)c1. The van der Waals surface area contributed by atoms with E-state index in [2.05, 4.69) is 15.2 Å². The van der Waals surface area contributed by atoms with Crippen molar-refractivity contribution in [1.82, 2.24) is 15.2 Å². The molecule has 3 aromatic rings. The highest BCUT2D eigenvalue weighted by atomic mass is 32.1. The fraction of sp³-hybridized carbons (Fsp3) is 0.304. The molecule has 0 fully saturated rings. The number of aromatic nitrogens is 1. The van der Waals surface area contributed by atoms with Crippen molar-refractivity contribution < 1.29 is 19.0 Å². The van der Waals surface area contributed by atoms with E-state index < -0.39 is 0 Å². The summed E-state index contributed by atoms with van der Waals surface area (Å²) >= 11 is 1.41. The Morgan fingerprint density at radius 2 is 1.84 bits per heavy atom. The summed E-state index contributed by atoms with van der Waals surface area (Å²) in [5.74, 6) is 1.84. The van der Waals surface area contributed by atoms with Gasteiger partial charge in [0.15, 0.2) is 11.5 Å². The standard InChI is InChI=1S/C23H27N3O4S/c1-26(2)19(15-7-6-8-17(11-15)28-3)13-24-22(27)18-14-31-23(25-18)16-9-10-20(29-4)21(12-16)30-5/h6-12,14,19H,13H2,1-5H3,(H,24,27)/t19-/m1/s1. The van der Waals surface area contributed by atoms with E-state index in [4.69, 9.17) is 14.2 Å². The minimum Gasteiger partial charge on any atom is -0.497 e. The fourth-order valence-electron chi connectivity index (χ4n) is 3.21. The largest absolute Gasteiger partial charge is 0.497 e. The van der Waals surface area contributed by atoms with Gasteiger partial charge in [-0.3, -0.25) is 4.79 Å². The number of hydrogen-bond acceptors (Lipinski definition) is 7. The molecule has 1 aromatic heterocycles. The van der Waals surface area contributed by atoms with Gasteiger partial charge in [0.25, 0.3) is 5.91 Å². The van der Waals surface area contributed by atoms with Gasteiger partial charge < -0.3 is 24.4 Å². The normalized spacial score (nSPS) is 11.8. The first-order valence-electron chi connectivity index (χ1n) is 9.73. The summed E-state index contributed by atoms with van der Waals surface area (Å²) in [4.78, 5) is 19.3. The van der Waals surface area contributed by atoms with E-state index in [0.717, 1.165) is 21.9 Å². The Bertz CT molecular complexity index is 1040. The van der Waals surface area contributed by atoms with Gasteiger partial charge in [0.2, 0.25) is 0 Å². The topological polar surface area (TPSA) is 72.9 Å². The van der Waals surface area contributed by atoms with Gasteiger partial charge in [-0.15, -0.1) is 11.3 Å². The number of rotatable bonds is 9. The number of carbonyl (C=O) groups excluding carboxylic acids is 1. The Morgan fingerprint density at radius 3 is 2.52 bits per heavy atom. The van der Waals surface area contributed by atoms with Crippen molar-refractivity contribution in [3.8, 4) is 27.8 Å². The van der Waals surface area contributed by atoms with E-state index in [1.54, 1.807) is 26.7 Å². The average molecular weight is 442 g/mol. The first-order chi connectivity index (χ1) is 15.0. The van der Waals surface area contributed by atoms with Crippen molar-refractivity contribution in [2.75, 3.05) is 42.0 Å². The molecule has 31 heavy (non-hydrogen) atoms. The van der Waals surface area contributed by atoms with Gasteiger partial charge in [0.1, 0.15) is 16.5 Å². The van der Waals surface area contributed by atoms with E-state index in [9.17, 15) is 4.79 Å². The van der Waals surface area contributed by atoms with Crippen molar-refractivity contribution in [2.45, 2.75) is 6.04 Å². The molecule has 164 valence electrons. The van der Waals surface area contributed by atoms with Crippen LogP contribution < -0.4 is 19.5 Å². The molecule has 1 heterocycles. The summed E-state index contributed by atoms with van der Waals surface area (Å²) in [7, 11) is 8.79. The molecule has 3 rings (SSSR count). The lowest BCUT2D eigenvalue weighted by Crippen LogP contribution is -2.34. The Kier molecular flexibility index (Phi) is 7.49. The van der Waals surface area contributed by atoms with E-state index in [1.807, 2.05) is 56.6 Å². The monoisotopic (exact) mass is 441 g/mol. The second-order valence-electron chi connectivity index (χ2n) is 7.07. The number of methoxy groups -OCH3 is 3. The van der Waals surface area contributed by atoms with Crippen molar-refractivity contribution >= 4 is 17.2 Å². The maximum Gasteiger partial charge on any atom is 0.270 e. The Balaban J connectivity index is 1.71. The van der Waals surface area contributed by atoms with Crippen LogP contribution in [0.25, 0.3) is 10.6 Å². The van der Waals surface area contributed by atoms with Crippen LogP contribution in [0.4, 0.5) is 0 Å². The van der Waals surface area contributed by atoms with Crippen molar-refractivity contribution in [3.05, 3.63) is 59.1 Å². The summed E-state index contributed by atoms with van der Waals surface area (Å²) in [6.07, 6.45) is 0. The molecule has 1 amide bonds. The molecule has 0 aliphatic heterocycles. The number of ether oxygens (including phenoxy) is 3. The summed E-state index contributed by atoms with van der Waals surface area (Å²) < 4.78 is 16.0. The van der Waals surface area contributed by atoms with Gasteiger partial charge in [-0.2, -0.15) is 0 Å². The first-order valence-corrected chi connectivity index (χ1v) is 10.6. The van der Waals surface area contributed by atoms with Crippen LogP contribution in [0.2, 0.25) is 0 Å². The van der Waals surface area contributed by atoms with Gasteiger partial charge in [-0.25, -0.2) is 4.98 Å². The summed E-state index contributed by atoms with van der Waals surface area (Å²) in [6.45, 7) is 0.447. The van der Waals surface area contributed by atoms with Gasteiger partial charge in [-0.05, 0) is 50.0 Å². The van der Waals surface area contributed by atoms with Crippen LogP contribution in [0.5, 0.6) is 17.2 Å². The minimum absolute atomic E-state index is 0.00278. The lowest BCUT2D eigenvalue weighted by atomic mass is 10.1. The third kappa shape index (κ3) is 5.34. The number of nitrogens with one attached hydrogen (secondary N) is 1. The average Bonchev–Trinajstić information content (AvgIpc) is 3.29. The van der Waals surface area contributed by atoms with Gasteiger partial charge in [0.05, 0.1) is 27.4 Å². The van der Waals surface area contributed by atoms with Crippen molar-refractivity contribution in [1.29, 1.82) is 0 Å². The minimum atomic E-state index is -0.210. The summed E-state index contributed by atoms with van der Waals surface area (Å²) in [5.41, 5.74) is 2.32. The highest BCUT2D eigenvalue weighted by Crippen LogP contribution is 2.33. The molecular formula is C23H27N3O4S. The predicted molar refractivity (Wildman–Crippen MR) is 122 cm³/mol. The van der Waals surface area contributed by atoms with Crippen LogP contribution in [0, 0.1) is 0 Å². The van der Waals surface area contributed by atoms with Crippen LogP contribution >= 0.6 is 11.3 Å². The number of hydrogen-bond donors (Lipinski definition) is 1. The molecule has 0 unspecified atom stereocenters. The number of amides is 1. The molecule has 0 saturated carbocycles. The third-order valence-electron chi connectivity index (χ3n) is 4.93. The Morgan fingerprint density at radius 1 is 1.06 bits per heavy atom. The molecule has 0 aliphatic rings. The first kappa shape index (κ1) is 22.6. The van der Waals surface area contributed by atoms with Crippen LogP contribution in [-0.4, -0.2) is 57.8 Å². The Labute approximate surface area is 186 Å². The van der Waals surface area contributed by atoms with E-state index in [1.165, 1.54) is 11.3 Å². The molecule has 1 atom stereocenters. The lowest BCUT2D eigenvalue weighted by Gasteiger charge is -2.25. The number of thiazole rings is 1. The third-order valence-corrected chi connectivity index (χ3v) is 5.82. The maximum absolute atomic E-state index is 12.7. The van der Waals surface area contributed by atoms with E-state index >= 15 is 0 Å². The molecule has 1 N–H and O–H groups in total. The van der Waals surface area contributed by atoms with Gasteiger partial charge in [0, 0.05) is 17.5 Å². The van der Waals surface area contributed by atoms with E-state index in [-0.39, 0.29) is 11.9 Å². The summed E-state index contributed by atoms with van der Waals surface area (Å²) in [6, 6.07) is 13.4. The molecule has 2 aromatic carbocycles. The summed E-state index contributed by atoms with van der Waals surface area (Å²) in [5, 5.41) is 5.50. The van der Waals surface area contributed by atoms with Gasteiger partial charge >= 0.3 is 0 Å². The highest BCUT2D eigenvalue weighted by Gasteiger charge is 2.18. The van der Waals surface area contributed by atoms with Crippen LogP contribution in [0.15, 0.2) is 47.8 Å². The fourth-order valence-corrected chi connectivity index (χ4v) is 4.00. The number of nitrogens with zero attached hydrogens (tertiary/aromatic N) is 2. The quantitative estimate of drug-likeness (QED) is 0.544. The lowest BCUT2D eigenvalue weighted by molar-refractivity contribution is 0.0937. The number of likely N-dealkylation sites (N-methyl/N-ethyl adjacent to an activating group) is 1. The zero-order valence-corrected chi connectivity index (χ0v) is 19.2. The zero-order valence-electron chi connectivity index (χ0n) is 18.3. The number of carbonyl (C=O) groups is 1. The van der Waals surface area contributed by atoms with Crippen molar-refractivity contribution in [2.24, 2.45) is 0 Å². The molecule has 8 heteroatoms. The molecule has 0 radical (unpaired) electrons.